The van der Waals surface area contributed by atoms with Crippen molar-refractivity contribution in [1.29, 1.82) is 0 Å². The number of anilines is 1. The number of benzene rings is 1. The van der Waals surface area contributed by atoms with Crippen LogP contribution in [0.3, 0.4) is 0 Å². The van der Waals surface area contributed by atoms with E-state index in [1.807, 2.05) is 40.1 Å². The summed E-state index contributed by atoms with van der Waals surface area (Å²) in [4.78, 5) is 28.2. The molecule has 1 aliphatic heterocycles. The number of aromatic nitrogens is 2. The number of nitrogens with one attached hydrogen (secondary N) is 1. The fourth-order valence-electron chi connectivity index (χ4n) is 2.63. The van der Waals surface area contributed by atoms with Gasteiger partial charge in [0, 0.05) is 26.2 Å². The van der Waals surface area contributed by atoms with Gasteiger partial charge >= 0.3 is 0 Å². The predicted molar refractivity (Wildman–Crippen MR) is 91.7 cm³/mol. The van der Waals surface area contributed by atoms with Crippen LogP contribution in [0, 0.1) is 0 Å². The first-order valence-electron chi connectivity index (χ1n) is 7.81. The minimum absolute atomic E-state index is 0.101. The smallest absolute Gasteiger partial charge is 0.240 e. The van der Waals surface area contributed by atoms with Crippen molar-refractivity contribution in [3.05, 3.63) is 41.4 Å². The predicted octanol–water partition coefficient (Wildman–Crippen LogP) is 0.863. The van der Waals surface area contributed by atoms with Crippen LogP contribution in [-0.4, -0.2) is 64.5 Å². The molecule has 8 heteroatoms. The third kappa shape index (κ3) is 4.59. The van der Waals surface area contributed by atoms with Crippen LogP contribution in [0.25, 0.3) is 0 Å². The van der Waals surface area contributed by atoms with E-state index in [1.165, 1.54) is 11.3 Å². The molecule has 1 fully saturated rings. The van der Waals surface area contributed by atoms with Gasteiger partial charge in [-0.1, -0.05) is 41.7 Å². The molecule has 24 heavy (non-hydrogen) atoms. The van der Waals surface area contributed by atoms with Gasteiger partial charge in [-0.15, -0.1) is 10.2 Å². The zero-order valence-corrected chi connectivity index (χ0v) is 14.0. The molecule has 2 aromatic rings. The number of carbonyl (C=O) groups is 2. The largest absolute Gasteiger partial charge is 0.340 e. The Balaban J connectivity index is 1.42. The summed E-state index contributed by atoms with van der Waals surface area (Å²) in [6, 6.07) is 9.76. The number of amides is 2. The Hall–Kier alpha value is -2.32. The quantitative estimate of drug-likeness (QED) is 0.870. The second-order valence-electron chi connectivity index (χ2n) is 5.61. The van der Waals surface area contributed by atoms with Crippen molar-refractivity contribution in [2.24, 2.45) is 0 Å². The van der Waals surface area contributed by atoms with Gasteiger partial charge in [0.05, 0.1) is 13.0 Å². The van der Waals surface area contributed by atoms with E-state index in [9.17, 15) is 9.59 Å². The molecule has 0 bridgehead atoms. The lowest BCUT2D eigenvalue weighted by atomic mass is 10.1. The van der Waals surface area contributed by atoms with Crippen LogP contribution in [0.2, 0.25) is 0 Å². The van der Waals surface area contributed by atoms with Gasteiger partial charge in [-0.25, -0.2) is 0 Å². The molecule has 0 unspecified atom stereocenters. The maximum Gasteiger partial charge on any atom is 0.240 e. The summed E-state index contributed by atoms with van der Waals surface area (Å²) in [5, 5.41) is 10.7. The lowest BCUT2D eigenvalue weighted by molar-refractivity contribution is -0.132. The van der Waals surface area contributed by atoms with E-state index in [0.717, 1.165) is 5.56 Å². The normalized spacial score (nSPS) is 15.2. The highest BCUT2D eigenvalue weighted by Gasteiger charge is 2.22. The van der Waals surface area contributed by atoms with Crippen molar-refractivity contribution in [3.63, 3.8) is 0 Å². The van der Waals surface area contributed by atoms with Crippen LogP contribution in [0.15, 0.2) is 35.8 Å². The van der Waals surface area contributed by atoms with Crippen LogP contribution in [-0.2, 0) is 16.0 Å². The highest BCUT2D eigenvalue weighted by Crippen LogP contribution is 2.09. The van der Waals surface area contributed by atoms with Crippen molar-refractivity contribution in [2.45, 2.75) is 6.42 Å². The Morgan fingerprint density at radius 1 is 1.12 bits per heavy atom. The minimum atomic E-state index is -0.101. The zero-order valence-electron chi connectivity index (χ0n) is 13.2. The summed E-state index contributed by atoms with van der Waals surface area (Å²) in [6.07, 6.45) is 0.429. The molecular weight excluding hydrogens is 326 g/mol. The molecule has 0 atom stereocenters. The van der Waals surface area contributed by atoms with Gasteiger partial charge in [-0.05, 0) is 5.56 Å². The fourth-order valence-corrected chi connectivity index (χ4v) is 3.09. The second kappa shape index (κ2) is 7.98. The number of piperazine rings is 1. The Morgan fingerprint density at radius 2 is 1.88 bits per heavy atom. The first-order chi connectivity index (χ1) is 11.7. The number of nitrogens with zero attached hydrogens (tertiary/aromatic N) is 4. The van der Waals surface area contributed by atoms with E-state index < -0.39 is 0 Å². The summed E-state index contributed by atoms with van der Waals surface area (Å²) in [7, 11) is 0. The molecule has 1 aromatic heterocycles. The van der Waals surface area contributed by atoms with E-state index in [4.69, 9.17) is 0 Å². The van der Waals surface area contributed by atoms with Crippen molar-refractivity contribution in [1.82, 2.24) is 20.0 Å². The maximum absolute atomic E-state index is 12.3. The first-order valence-corrected chi connectivity index (χ1v) is 8.69. The molecule has 1 aliphatic rings. The number of hydrogen-bond acceptors (Lipinski definition) is 6. The van der Waals surface area contributed by atoms with Crippen LogP contribution in [0.5, 0.6) is 0 Å². The van der Waals surface area contributed by atoms with Crippen molar-refractivity contribution >= 4 is 28.3 Å². The molecule has 2 heterocycles. The second-order valence-corrected chi connectivity index (χ2v) is 6.44. The Bertz CT molecular complexity index is 669. The van der Waals surface area contributed by atoms with Crippen LogP contribution in [0.4, 0.5) is 5.13 Å². The SMILES string of the molecule is O=C(CN1CCN(C(=O)Cc2ccccc2)CC1)Nc1nncs1. The van der Waals surface area contributed by atoms with Gasteiger partial charge in [0.1, 0.15) is 5.51 Å². The summed E-state index contributed by atoms with van der Waals surface area (Å²) in [5.74, 6) is 0.0370. The third-order valence-corrected chi connectivity index (χ3v) is 4.50. The summed E-state index contributed by atoms with van der Waals surface area (Å²) in [5.41, 5.74) is 2.61. The lowest BCUT2D eigenvalue weighted by Gasteiger charge is -2.34. The molecule has 0 spiro atoms. The van der Waals surface area contributed by atoms with Gasteiger partial charge in [-0.2, -0.15) is 0 Å². The van der Waals surface area contributed by atoms with Gasteiger partial charge in [0.25, 0.3) is 0 Å². The molecule has 0 aliphatic carbocycles. The highest BCUT2D eigenvalue weighted by molar-refractivity contribution is 7.13. The molecule has 7 nitrogen and oxygen atoms in total. The molecule has 126 valence electrons. The summed E-state index contributed by atoms with van der Waals surface area (Å²) >= 11 is 1.29. The van der Waals surface area contributed by atoms with E-state index in [1.54, 1.807) is 5.51 Å². The number of hydrogen-bond donors (Lipinski definition) is 1. The van der Waals surface area contributed by atoms with Crippen molar-refractivity contribution in [2.75, 3.05) is 38.0 Å². The molecule has 3 rings (SSSR count). The first kappa shape index (κ1) is 16.5. The van der Waals surface area contributed by atoms with Crippen LogP contribution >= 0.6 is 11.3 Å². The van der Waals surface area contributed by atoms with Gasteiger partial charge in [0.2, 0.25) is 16.9 Å². The Labute approximate surface area is 144 Å². The number of rotatable bonds is 5. The standard InChI is InChI=1S/C16H19N5O2S/c22-14(18-16-19-17-12-24-16)11-20-6-8-21(9-7-20)15(23)10-13-4-2-1-3-5-13/h1-5,12H,6-11H2,(H,18,19,22). The average Bonchev–Trinajstić information content (AvgIpc) is 3.09. The van der Waals surface area contributed by atoms with E-state index in [-0.39, 0.29) is 11.8 Å². The Kier molecular flexibility index (Phi) is 5.50. The molecule has 1 aromatic carbocycles. The van der Waals surface area contributed by atoms with Crippen molar-refractivity contribution in [3.8, 4) is 0 Å². The summed E-state index contributed by atoms with van der Waals surface area (Å²) in [6.45, 7) is 3.00. The molecule has 2 amide bonds. The van der Waals surface area contributed by atoms with Crippen LogP contribution in [0.1, 0.15) is 5.56 Å². The molecular formula is C16H19N5O2S. The Morgan fingerprint density at radius 3 is 2.54 bits per heavy atom. The fraction of sp³-hybridized carbons (Fsp3) is 0.375. The zero-order chi connectivity index (χ0) is 16.8. The maximum atomic E-state index is 12.3. The monoisotopic (exact) mass is 345 g/mol. The van der Waals surface area contributed by atoms with Crippen LogP contribution < -0.4 is 5.32 Å². The molecule has 0 radical (unpaired) electrons. The molecule has 1 saturated heterocycles. The highest BCUT2D eigenvalue weighted by atomic mass is 32.1. The van der Waals surface area contributed by atoms with Gasteiger partial charge in [0.15, 0.2) is 0 Å². The molecule has 0 saturated carbocycles. The van der Waals surface area contributed by atoms with E-state index >= 15 is 0 Å². The molecule has 1 N–H and O–H groups in total. The topological polar surface area (TPSA) is 78.4 Å². The minimum Gasteiger partial charge on any atom is -0.340 e. The van der Waals surface area contributed by atoms with E-state index in [2.05, 4.69) is 15.5 Å². The van der Waals surface area contributed by atoms with E-state index in [0.29, 0.717) is 44.3 Å². The lowest BCUT2D eigenvalue weighted by Crippen LogP contribution is -2.50. The third-order valence-electron chi connectivity index (χ3n) is 3.90. The van der Waals surface area contributed by atoms with Gasteiger partial charge < -0.3 is 4.90 Å². The summed E-state index contributed by atoms with van der Waals surface area (Å²) < 4.78 is 0. The average molecular weight is 345 g/mol. The van der Waals surface area contributed by atoms with Crippen molar-refractivity contribution < 1.29 is 9.59 Å². The number of carbonyl (C=O) groups excluding carboxylic acids is 2. The van der Waals surface area contributed by atoms with Gasteiger partial charge in [-0.3, -0.25) is 19.8 Å².